The third-order valence-corrected chi connectivity index (χ3v) is 1.53. The standard InChI is InChI=1S/C8H16N2O3S/c1-3-12-7(11)6-10-8(14)13-5-4-9-2/h9H,3-6H2,1-2H3,(H,10,14). The first-order chi connectivity index (χ1) is 6.70. The summed E-state index contributed by atoms with van der Waals surface area (Å²) in [4.78, 5) is 10.9. The summed E-state index contributed by atoms with van der Waals surface area (Å²) in [5.74, 6) is -0.341. The largest absolute Gasteiger partial charge is 0.470 e. The lowest BCUT2D eigenvalue weighted by atomic mass is 10.6. The molecule has 0 aromatic carbocycles. The summed E-state index contributed by atoms with van der Waals surface area (Å²) in [6.45, 7) is 3.35. The average Bonchev–Trinajstić information content (AvgIpc) is 2.16. The van der Waals surface area contributed by atoms with Gasteiger partial charge < -0.3 is 20.1 Å². The quantitative estimate of drug-likeness (QED) is 0.363. The van der Waals surface area contributed by atoms with Gasteiger partial charge in [0.25, 0.3) is 5.17 Å². The van der Waals surface area contributed by atoms with Crippen LogP contribution < -0.4 is 10.6 Å². The van der Waals surface area contributed by atoms with Gasteiger partial charge in [0.1, 0.15) is 13.2 Å². The van der Waals surface area contributed by atoms with Crippen LogP contribution in [0.1, 0.15) is 6.92 Å². The van der Waals surface area contributed by atoms with Crippen molar-refractivity contribution in [1.82, 2.24) is 10.6 Å². The van der Waals surface area contributed by atoms with Crippen molar-refractivity contribution in [3.05, 3.63) is 0 Å². The molecule has 0 rings (SSSR count). The van der Waals surface area contributed by atoms with E-state index in [0.717, 1.165) is 0 Å². The minimum absolute atomic E-state index is 0.0478. The first-order valence-corrected chi connectivity index (χ1v) is 4.82. The average molecular weight is 220 g/mol. The van der Waals surface area contributed by atoms with E-state index in [0.29, 0.717) is 19.8 Å². The van der Waals surface area contributed by atoms with Crippen LogP contribution >= 0.6 is 12.2 Å². The smallest absolute Gasteiger partial charge is 0.325 e. The molecule has 6 heteroatoms. The zero-order valence-corrected chi connectivity index (χ0v) is 9.28. The number of nitrogens with one attached hydrogen (secondary N) is 2. The monoisotopic (exact) mass is 220 g/mol. The van der Waals surface area contributed by atoms with Crippen molar-refractivity contribution in [1.29, 1.82) is 0 Å². The van der Waals surface area contributed by atoms with Gasteiger partial charge >= 0.3 is 5.97 Å². The van der Waals surface area contributed by atoms with E-state index in [-0.39, 0.29) is 17.7 Å². The Balaban J connectivity index is 3.39. The Labute approximate surface area is 89.1 Å². The molecule has 0 aromatic rings. The van der Waals surface area contributed by atoms with Gasteiger partial charge in [0.15, 0.2) is 0 Å². The molecule has 2 N–H and O–H groups in total. The van der Waals surface area contributed by atoms with Gasteiger partial charge in [-0.05, 0) is 26.2 Å². The van der Waals surface area contributed by atoms with Gasteiger partial charge in [-0.15, -0.1) is 0 Å². The molecule has 0 unspecified atom stereocenters. The molecule has 5 nitrogen and oxygen atoms in total. The molecule has 0 spiro atoms. The van der Waals surface area contributed by atoms with Crippen LogP contribution in [0.15, 0.2) is 0 Å². The summed E-state index contributed by atoms with van der Waals surface area (Å²) in [6, 6.07) is 0. The van der Waals surface area contributed by atoms with E-state index in [4.69, 9.17) is 17.0 Å². The van der Waals surface area contributed by atoms with E-state index < -0.39 is 0 Å². The van der Waals surface area contributed by atoms with Gasteiger partial charge in [0.05, 0.1) is 6.61 Å². The maximum atomic E-state index is 10.9. The number of thiocarbonyl (C=S) groups is 1. The molecular formula is C8H16N2O3S. The Kier molecular flexibility index (Phi) is 8.16. The predicted octanol–water partition coefficient (Wildman–Crippen LogP) is -0.340. The molecule has 0 saturated carbocycles. The molecule has 14 heavy (non-hydrogen) atoms. The Morgan fingerprint density at radius 1 is 1.43 bits per heavy atom. The SMILES string of the molecule is CCOC(=O)CNC(=S)OCCNC. The molecule has 0 aromatic heterocycles. The highest BCUT2D eigenvalue weighted by Crippen LogP contribution is 1.80. The van der Waals surface area contributed by atoms with Crippen molar-refractivity contribution in [2.75, 3.05) is 33.4 Å². The van der Waals surface area contributed by atoms with E-state index in [1.807, 2.05) is 7.05 Å². The fraction of sp³-hybridized carbons (Fsp3) is 0.750. The summed E-state index contributed by atoms with van der Waals surface area (Å²) in [5, 5.41) is 5.75. The van der Waals surface area contributed by atoms with Crippen molar-refractivity contribution < 1.29 is 14.3 Å². The maximum Gasteiger partial charge on any atom is 0.325 e. The fourth-order valence-corrected chi connectivity index (χ4v) is 0.809. The molecule has 0 aliphatic heterocycles. The van der Waals surface area contributed by atoms with Crippen LogP contribution in [0, 0.1) is 0 Å². The van der Waals surface area contributed by atoms with E-state index in [1.54, 1.807) is 6.92 Å². The Hall–Kier alpha value is -0.880. The van der Waals surface area contributed by atoms with Crippen LogP contribution in [0.4, 0.5) is 0 Å². The fourth-order valence-electron chi connectivity index (χ4n) is 0.653. The normalized spacial score (nSPS) is 9.29. The van der Waals surface area contributed by atoms with Gasteiger partial charge in [0.2, 0.25) is 0 Å². The Bertz CT molecular complexity index is 187. The van der Waals surface area contributed by atoms with E-state index in [1.165, 1.54) is 0 Å². The number of hydrogen-bond acceptors (Lipinski definition) is 5. The second-order valence-electron chi connectivity index (χ2n) is 2.40. The number of esters is 1. The Morgan fingerprint density at radius 2 is 2.14 bits per heavy atom. The van der Waals surface area contributed by atoms with Crippen molar-refractivity contribution in [2.24, 2.45) is 0 Å². The summed E-state index contributed by atoms with van der Waals surface area (Å²) in [6.07, 6.45) is 0. The van der Waals surface area contributed by atoms with Crippen LogP contribution in [0.5, 0.6) is 0 Å². The molecule has 0 heterocycles. The number of ether oxygens (including phenoxy) is 2. The summed E-state index contributed by atoms with van der Waals surface area (Å²) in [5.41, 5.74) is 0. The highest BCUT2D eigenvalue weighted by molar-refractivity contribution is 7.80. The van der Waals surface area contributed by atoms with Crippen LogP contribution in [0.2, 0.25) is 0 Å². The van der Waals surface area contributed by atoms with Gasteiger partial charge in [-0.2, -0.15) is 0 Å². The molecule has 0 amide bonds. The number of hydrogen-bond donors (Lipinski definition) is 2. The highest BCUT2D eigenvalue weighted by atomic mass is 32.1. The van der Waals surface area contributed by atoms with E-state index in [2.05, 4.69) is 15.4 Å². The predicted molar refractivity (Wildman–Crippen MR) is 57.1 cm³/mol. The van der Waals surface area contributed by atoms with Crippen molar-refractivity contribution in [3.63, 3.8) is 0 Å². The van der Waals surface area contributed by atoms with Crippen LogP contribution in [-0.2, 0) is 14.3 Å². The van der Waals surface area contributed by atoms with E-state index >= 15 is 0 Å². The maximum absolute atomic E-state index is 10.9. The first-order valence-electron chi connectivity index (χ1n) is 4.41. The topological polar surface area (TPSA) is 59.6 Å². The lowest BCUT2D eigenvalue weighted by Gasteiger charge is -2.08. The summed E-state index contributed by atoms with van der Waals surface area (Å²) >= 11 is 4.80. The molecule has 0 saturated heterocycles. The third kappa shape index (κ3) is 7.75. The van der Waals surface area contributed by atoms with Crippen LogP contribution in [-0.4, -0.2) is 44.5 Å². The van der Waals surface area contributed by atoms with Crippen LogP contribution in [0.25, 0.3) is 0 Å². The minimum Gasteiger partial charge on any atom is -0.470 e. The number of rotatable bonds is 6. The van der Waals surface area contributed by atoms with Gasteiger partial charge in [0, 0.05) is 6.54 Å². The lowest BCUT2D eigenvalue weighted by molar-refractivity contribution is -0.141. The summed E-state index contributed by atoms with van der Waals surface area (Å²) in [7, 11) is 1.82. The van der Waals surface area contributed by atoms with E-state index in [9.17, 15) is 4.79 Å². The summed E-state index contributed by atoms with van der Waals surface area (Å²) < 4.78 is 9.75. The minimum atomic E-state index is -0.341. The third-order valence-electron chi connectivity index (χ3n) is 1.27. The van der Waals surface area contributed by atoms with Gasteiger partial charge in [-0.3, -0.25) is 4.79 Å². The second-order valence-corrected chi connectivity index (χ2v) is 2.77. The second kappa shape index (κ2) is 8.71. The molecule has 0 radical (unpaired) electrons. The molecule has 82 valence electrons. The number of carbonyl (C=O) groups is 1. The van der Waals surface area contributed by atoms with Crippen molar-refractivity contribution >= 4 is 23.4 Å². The van der Waals surface area contributed by atoms with Crippen molar-refractivity contribution in [3.8, 4) is 0 Å². The number of likely N-dealkylation sites (N-methyl/N-ethyl adjacent to an activating group) is 1. The molecule has 0 fully saturated rings. The zero-order chi connectivity index (χ0) is 10.8. The molecular weight excluding hydrogens is 204 g/mol. The van der Waals surface area contributed by atoms with Crippen molar-refractivity contribution in [2.45, 2.75) is 6.92 Å². The van der Waals surface area contributed by atoms with Gasteiger partial charge in [-0.25, -0.2) is 0 Å². The zero-order valence-electron chi connectivity index (χ0n) is 8.46. The molecule has 0 aliphatic carbocycles. The lowest BCUT2D eigenvalue weighted by Crippen LogP contribution is -2.32. The Morgan fingerprint density at radius 3 is 2.71 bits per heavy atom. The van der Waals surface area contributed by atoms with Crippen LogP contribution in [0.3, 0.4) is 0 Å². The molecule has 0 bridgehead atoms. The first kappa shape index (κ1) is 13.1. The van der Waals surface area contributed by atoms with Gasteiger partial charge in [-0.1, -0.05) is 0 Å². The molecule has 0 aliphatic rings. The highest BCUT2D eigenvalue weighted by Gasteiger charge is 2.02. The number of carbonyl (C=O) groups excluding carboxylic acids is 1. The molecule has 0 atom stereocenters.